The Hall–Kier alpha value is -0.780. The second-order valence-corrected chi connectivity index (χ2v) is 7.72. The molecule has 0 aromatic carbocycles. The van der Waals surface area contributed by atoms with Gasteiger partial charge in [0.25, 0.3) is 0 Å². The van der Waals surface area contributed by atoms with Crippen molar-refractivity contribution >= 4 is 0 Å². The fraction of sp³-hybridized carbons (Fsp3) is 0.700. The molecule has 1 atom stereocenters. The van der Waals surface area contributed by atoms with Crippen molar-refractivity contribution in [2.75, 3.05) is 0 Å². The van der Waals surface area contributed by atoms with Gasteiger partial charge in [-0.15, -0.1) is 0 Å². The molecule has 0 amide bonds. The standard InChI is InChI=1S/C20H36/c1-16(2)12-13-19(5)18(4)11-9-10-17(3)14-15-20(6,7)8/h11-12,14,19H,9-10,13,15H2,1-8H3/b17-14+,18-11?. The first-order valence-corrected chi connectivity index (χ1v) is 8.07. The SMILES string of the molecule is CC(C)=CCC(C)C(C)=CCC/C(C)=C/CC(C)(C)C. The van der Waals surface area contributed by atoms with E-state index < -0.39 is 0 Å². The molecule has 0 aliphatic rings. The minimum absolute atomic E-state index is 0.409. The Morgan fingerprint density at radius 2 is 1.55 bits per heavy atom. The molecule has 0 fully saturated rings. The summed E-state index contributed by atoms with van der Waals surface area (Å²) < 4.78 is 0. The minimum Gasteiger partial charge on any atom is -0.0853 e. The summed E-state index contributed by atoms with van der Waals surface area (Å²) in [5.41, 5.74) is 4.89. The molecule has 0 aromatic heterocycles. The first-order chi connectivity index (χ1) is 9.11. The highest BCUT2D eigenvalue weighted by Crippen LogP contribution is 2.22. The van der Waals surface area contributed by atoms with Crippen LogP contribution >= 0.6 is 0 Å². The van der Waals surface area contributed by atoms with E-state index in [1.54, 1.807) is 0 Å². The number of hydrogen-bond acceptors (Lipinski definition) is 0. The molecular weight excluding hydrogens is 240 g/mol. The van der Waals surface area contributed by atoms with Gasteiger partial charge in [-0.1, -0.05) is 62.6 Å². The van der Waals surface area contributed by atoms with Crippen LogP contribution in [0.15, 0.2) is 34.9 Å². The molecule has 0 radical (unpaired) electrons. The summed E-state index contributed by atoms with van der Waals surface area (Å²) in [6, 6.07) is 0. The molecule has 0 N–H and O–H groups in total. The van der Waals surface area contributed by atoms with Crippen LogP contribution in [0.3, 0.4) is 0 Å². The topological polar surface area (TPSA) is 0 Å². The summed E-state index contributed by atoms with van der Waals surface area (Å²) >= 11 is 0. The average Bonchev–Trinajstić information content (AvgIpc) is 2.32. The molecular formula is C20H36. The molecule has 0 saturated carbocycles. The fourth-order valence-electron chi connectivity index (χ4n) is 1.91. The molecule has 0 rings (SSSR count). The lowest BCUT2D eigenvalue weighted by molar-refractivity contribution is 0.419. The summed E-state index contributed by atoms with van der Waals surface area (Å²) in [5.74, 6) is 0.670. The molecule has 20 heavy (non-hydrogen) atoms. The number of rotatable bonds is 7. The van der Waals surface area contributed by atoms with Gasteiger partial charge in [0.1, 0.15) is 0 Å². The van der Waals surface area contributed by atoms with Crippen LogP contribution in [0, 0.1) is 11.3 Å². The molecule has 0 aliphatic heterocycles. The molecule has 0 aliphatic carbocycles. The van der Waals surface area contributed by atoms with Crippen LogP contribution in [0.1, 0.15) is 81.1 Å². The Morgan fingerprint density at radius 3 is 2.05 bits per heavy atom. The summed E-state index contributed by atoms with van der Waals surface area (Å²) in [5, 5.41) is 0. The lowest BCUT2D eigenvalue weighted by Crippen LogP contribution is -2.02. The van der Waals surface area contributed by atoms with E-state index in [4.69, 9.17) is 0 Å². The van der Waals surface area contributed by atoms with E-state index in [-0.39, 0.29) is 0 Å². The highest BCUT2D eigenvalue weighted by Gasteiger charge is 2.07. The van der Waals surface area contributed by atoms with E-state index in [1.807, 2.05) is 0 Å². The quantitative estimate of drug-likeness (QED) is 0.435. The molecule has 116 valence electrons. The van der Waals surface area contributed by atoms with Gasteiger partial charge in [0.2, 0.25) is 0 Å². The van der Waals surface area contributed by atoms with E-state index in [0.717, 1.165) is 0 Å². The summed E-state index contributed by atoms with van der Waals surface area (Å²) in [4.78, 5) is 0. The van der Waals surface area contributed by atoms with Crippen molar-refractivity contribution in [2.24, 2.45) is 11.3 Å². The largest absolute Gasteiger partial charge is 0.0853 e. The normalized spacial score (nSPS) is 15.2. The third-order valence-corrected chi connectivity index (χ3v) is 3.72. The van der Waals surface area contributed by atoms with Crippen LogP contribution in [0.2, 0.25) is 0 Å². The highest BCUT2D eigenvalue weighted by molar-refractivity contribution is 5.08. The van der Waals surface area contributed by atoms with Crippen molar-refractivity contribution in [1.29, 1.82) is 0 Å². The van der Waals surface area contributed by atoms with Crippen molar-refractivity contribution in [1.82, 2.24) is 0 Å². The highest BCUT2D eigenvalue weighted by atomic mass is 14.1. The molecule has 0 nitrogen and oxygen atoms in total. The molecule has 0 saturated heterocycles. The van der Waals surface area contributed by atoms with Crippen LogP contribution < -0.4 is 0 Å². The Kier molecular flexibility index (Phi) is 8.85. The predicted molar refractivity (Wildman–Crippen MR) is 94.0 cm³/mol. The lowest BCUT2D eigenvalue weighted by Gasteiger charge is -2.15. The second-order valence-electron chi connectivity index (χ2n) is 7.72. The first-order valence-electron chi connectivity index (χ1n) is 8.07. The van der Waals surface area contributed by atoms with Crippen LogP contribution in [-0.2, 0) is 0 Å². The van der Waals surface area contributed by atoms with Crippen molar-refractivity contribution in [3.8, 4) is 0 Å². The molecule has 0 aromatic rings. The fourth-order valence-corrected chi connectivity index (χ4v) is 1.91. The zero-order chi connectivity index (χ0) is 15.8. The van der Waals surface area contributed by atoms with Gasteiger partial charge in [-0.25, -0.2) is 0 Å². The van der Waals surface area contributed by atoms with Crippen molar-refractivity contribution in [3.63, 3.8) is 0 Å². The van der Waals surface area contributed by atoms with E-state index in [1.165, 1.54) is 42.4 Å². The van der Waals surface area contributed by atoms with E-state index in [9.17, 15) is 0 Å². The minimum atomic E-state index is 0.409. The molecule has 0 bridgehead atoms. The summed E-state index contributed by atoms with van der Waals surface area (Å²) in [6.45, 7) is 18.1. The van der Waals surface area contributed by atoms with Gasteiger partial charge in [-0.3, -0.25) is 0 Å². The van der Waals surface area contributed by atoms with Gasteiger partial charge in [-0.05, 0) is 64.7 Å². The third-order valence-electron chi connectivity index (χ3n) is 3.72. The average molecular weight is 277 g/mol. The van der Waals surface area contributed by atoms with Gasteiger partial charge in [-0.2, -0.15) is 0 Å². The van der Waals surface area contributed by atoms with E-state index in [0.29, 0.717) is 11.3 Å². The molecule has 0 heterocycles. The van der Waals surface area contributed by atoms with E-state index in [2.05, 4.69) is 73.6 Å². The van der Waals surface area contributed by atoms with Crippen molar-refractivity contribution in [2.45, 2.75) is 81.1 Å². The Morgan fingerprint density at radius 1 is 0.950 bits per heavy atom. The van der Waals surface area contributed by atoms with Crippen LogP contribution in [0.25, 0.3) is 0 Å². The Labute approximate surface area is 128 Å². The molecule has 0 spiro atoms. The maximum absolute atomic E-state index is 2.43. The predicted octanol–water partition coefficient (Wildman–Crippen LogP) is 7.09. The first kappa shape index (κ1) is 19.2. The molecule has 0 heteroatoms. The van der Waals surface area contributed by atoms with Crippen LogP contribution in [0.4, 0.5) is 0 Å². The number of hydrogen-bond donors (Lipinski definition) is 0. The summed E-state index contributed by atoms with van der Waals surface area (Å²) in [7, 11) is 0. The third kappa shape index (κ3) is 11.1. The van der Waals surface area contributed by atoms with Gasteiger partial charge >= 0.3 is 0 Å². The van der Waals surface area contributed by atoms with Crippen molar-refractivity contribution < 1.29 is 0 Å². The van der Waals surface area contributed by atoms with Crippen molar-refractivity contribution in [3.05, 3.63) is 34.9 Å². The van der Waals surface area contributed by atoms with Gasteiger partial charge < -0.3 is 0 Å². The van der Waals surface area contributed by atoms with Gasteiger partial charge in [0, 0.05) is 0 Å². The lowest BCUT2D eigenvalue weighted by atomic mass is 9.90. The van der Waals surface area contributed by atoms with Crippen LogP contribution in [0.5, 0.6) is 0 Å². The van der Waals surface area contributed by atoms with Gasteiger partial charge in [0.05, 0.1) is 0 Å². The Balaban J connectivity index is 4.19. The number of allylic oxidation sites excluding steroid dienone is 6. The monoisotopic (exact) mass is 276 g/mol. The smallest absolute Gasteiger partial charge is 0.0200 e. The zero-order valence-electron chi connectivity index (χ0n) is 15.1. The van der Waals surface area contributed by atoms with E-state index >= 15 is 0 Å². The zero-order valence-corrected chi connectivity index (χ0v) is 15.1. The Bertz CT molecular complexity index is 354. The molecule has 1 unspecified atom stereocenters. The second kappa shape index (κ2) is 9.21. The maximum atomic E-state index is 2.43. The maximum Gasteiger partial charge on any atom is -0.0200 e. The van der Waals surface area contributed by atoms with Crippen LogP contribution in [-0.4, -0.2) is 0 Å². The summed E-state index contributed by atoms with van der Waals surface area (Å²) in [6.07, 6.45) is 11.9. The van der Waals surface area contributed by atoms with Gasteiger partial charge in [0.15, 0.2) is 0 Å².